The van der Waals surface area contributed by atoms with E-state index in [-0.39, 0.29) is 32.5 Å². The molecule has 0 unspecified atom stereocenters. The van der Waals surface area contributed by atoms with Gasteiger partial charge in [0.05, 0.1) is 5.25 Å². The Morgan fingerprint density at radius 2 is 1.60 bits per heavy atom. The van der Waals surface area contributed by atoms with Crippen molar-refractivity contribution in [3.63, 3.8) is 0 Å². The SMILES string of the molecule is Cc1c(C(=O)NS(=O)(=O)C2CCN(C(=O)OCc3ccccc3)CC2)n(CCCc2ccccc2)c2ccc(Cl)cc12. The maximum atomic E-state index is 13.6. The number of hydrogen-bond acceptors (Lipinski definition) is 5. The standard InChI is InChI=1S/C32H34ClN3O5S/c1-23-28-21-26(33)14-15-29(28)36(18-8-13-24-9-4-2-5-10-24)30(23)31(37)34-42(39,40)27-16-19-35(20-17-27)32(38)41-22-25-11-6-3-7-12-25/h2-7,9-12,14-15,21,27H,8,13,16-20,22H2,1H3,(H,34,37). The van der Waals surface area contributed by atoms with Gasteiger partial charge in [-0.15, -0.1) is 0 Å². The normalized spacial score (nSPS) is 14.2. The van der Waals surface area contributed by atoms with Gasteiger partial charge < -0.3 is 14.2 Å². The number of nitrogens with zero attached hydrogens (tertiary/aromatic N) is 2. The molecule has 2 heterocycles. The fourth-order valence-corrected chi connectivity index (χ4v) is 7.05. The first-order chi connectivity index (χ1) is 20.2. The molecule has 1 aliphatic rings. The first-order valence-corrected chi connectivity index (χ1v) is 16.0. The zero-order valence-corrected chi connectivity index (χ0v) is 25.0. The van der Waals surface area contributed by atoms with Crippen LogP contribution in [0, 0.1) is 6.92 Å². The third-order valence-corrected chi connectivity index (χ3v) is 9.82. The van der Waals surface area contributed by atoms with E-state index in [4.69, 9.17) is 16.3 Å². The van der Waals surface area contributed by atoms with Gasteiger partial charge in [-0.3, -0.25) is 4.79 Å². The fraction of sp³-hybridized carbons (Fsp3) is 0.312. The molecule has 8 nitrogen and oxygen atoms in total. The topological polar surface area (TPSA) is 97.7 Å². The van der Waals surface area contributed by atoms with Crippen LogP contribution in [0.3, 0.4) is 0 Å². The smallest absolute Gasteiger partial charge is 0.410 e. The summed E-state index contributed by atoms with van der Waals surface area (Å²) in [7, 11) is -4.00. The summed E-state index contributed by atoms with van der Waals surface area (Å²) in [5.74, 6) is -0.663. The van der Waals surface area contributed by atoms with Crippen LogP contribution in [0.1, 0.15) is 46.4 Å². The van der Waals surface area contributed by atoms with Crippen LogP contribution in [0.25, 0.3) is 10.9 Å². The molecule has 1 fully saturated rings. The number of amides is 2. The van der Waals surface area contributed by atoms with Crippen molar-refractivity contribution in [3.8, 4) is 0 Å². The molecule has 0 aliphatic carbocycles. The van der Waals surface area contributed by atoms with Gasteiger partial charge in [-0.05, 0) is 67.5 Å². The van der Waals surface area contributed by atoms with Crippen LogP contribution in [0.2, 0.25) is 5.02 Å². The van der Waals surface area contributed by atoms with Crippen LogP contribution in [0.4, 0.5) is 4.79 Å². The van der Waals surface area contributed by atoms with E-state index in [1.165, 1.54) is 10.5 Å². The van der Waals surface area contributed by atoms with E-state index in [1.807, 2.05) is 66.1 Å². The van der Waals surface area contributed by atoms with Crippen LogP contribution in [-0.2, 0) is 34.3 Å². The summed E-state index contributed by atoms with van der Waals surface area (Å²) in [6.45, 7) is 2.95. The van der Waals surface area contributed by atoms with Gasteiger partial charge in [-0.1, -0.05) is 72.3 Å². The summed E-state index contributed by atoms with van der Waals surface area (Å²) >= 11 is 6.27. The maximum Gasteiger partial charge on any atom is 0.410 e. The number of nitrogens with one attached hydrogen (secondary N) is 1. The second-order valence-electron chi connectivity index (χ2n) is 10.6. The largest absolute Gasteiger partial charge is 0.445 e. The van der Waals surface area contributed by atoms with Crippen molar-refractivity contribution in [1.82, 2.24) is 14.2 Å². The molecular formula is C32H34ClN3O5S. The van der Waals surface area contributed by atoms with Crippen molar-refractivity contribution >= 4 is 44.5 Å². The summed E-state index contributed by atoms with van der Waals surface area (Å²) < 4.78 is 36.3. The number of carbonyl (C=O) groups excluding carboxylic acids is 2. The molecule has 0 saturated carbocycles. The highest BCUT2D eigenvalue weighted by Crippen LogP contribution is 2.29. The monoisotopic (exact) mass is 607 g/mol. The van der Waals surface area contributed by atoms with Gasteiger partial charge in [0.15, 0.2) is 0 Å². The van der Waals surface area contributed by atoms with Crippen molar-refractivity contribution in [3.05, 3.63) is 106 Å². The number of piperidine rings is 1. The lowest BCUT2D eigenvalue weighted by Gasteiger charge is -2.31. The van der Waals surface area contributed by atoms with Gasteiger partial charge in [0.2, 0.25) is 10.0 Å². The lowest BCUT2D eigenvalue weighted by atomic mass is 10.1. The van der Waals surface area contributed by atoms with Crippen LogP contribution in [-0.4, -0.2) is 48.2 Å². The van der Waals surface area contributed by atoms with Gasteiger partial charge in [0.1, 0.15) is 12.3 Å². The van der Waals surface area contributed by atoms with E-state index in [1.54, 1.807) is 12.1 Å². The van der Waals surface area contributed by atoms with Crippen LogP contribution in [0.5, 0.6) is 0 Å². The number of aromatic nitrogens is 1. The number of rotatable bonds is 9. The quantitative estimate of drug-likeness (QED) is 0.248. The lowest BCUT2D eigenvalue weighted by molar-refractivity contribution is 0.0892. The molecule has 0 spiro atoms. The fourth-order valence-electron chi connectivity index (χ4n) is 5.53. The number of ether oxygens (including phenoxy) is 1. The summed E-state index contributed by atoms with van der Waals surface area (Å²) in [6, 6.07) is 24.9. The van der Waals surface area contributed by atoms with Crippen molar-refractivity contribution in [2.24, 2.45) is 0 Å². The van der Waals surface area contributed by atoms with Crippen molar-refractivity contribution in [2.45, 2.75) is 51.0 Å². The Kier molecular flexibility index (Phi) is 9.18. The number of fused-ring (bicyclic) bond motifs is 1. The first kappa shape index (κ1) is 29.7. The molecule has 2 amide bonds. The van der Waals surface area contributed by atoms with Gasteiger partial charge in [0, 0.05) is 35.6 Å². The highest BCUT2D eigenvalue weighted by molar-refractivity contribution is 7.90. The molecule has 1 aromatic heterocycles. The maximum absolute atomic E-state index is 13.6. The van der Waals surface area contributed by atoms with Crippen molar-refractivity contribution < 1.29 is 22.7 Å². The molecule has 5 rings (SSSR count). The molecule has 220 valence electrons. The highest BCUT2D eigenvalue weighted by Gasteiger charge is 2.34. The summed E-state index contributed by atoms with van der Waals surface area (Å²) in [4.78, 5) is 27.6. The number of hydrogen-bond donors (Lipinski definition) is 1. The molecule has 3 aromatic carbocycles. The van der Waals surface area contributed by atoms with Gasteiger partial charge in [-0.25, -0.2) is 17.9 Å². The van der Waals surface area contributed by atoms with E-state index in [9.17, 15) is 18.0 Å². The minimum Gasteiger partial charge on any atom is -0.445 e. The van der Waals surface area contributed by atoms with Crippen molar-refractivity contribution in [1.29, 1.82) is 0 Å². The van der Waals surface area contributed by atoms with E-state index >= 15 is 0 Å². The van der Waals surface area contributed by atoms with Gasteiger partial charge in [-0.2, -0.15) is 0 Å². The molecule has 0 radical (unpaired) electrons. The third kappa shape index (κ3) is 6.79. The molecule has 4 aromatic rings. The Morgan fingerprint density at radius 3 is 2.26 bits per heavy atom. The Labute approximate surface area is 251 Å². The van der Waals surface area contributed by atoms with E-state index in [0.717, 1.165) is 29.3 Å². The number of halogens is 1. The lowest BCUT2D eigenvalue weighted by Crippen LogP contribution is -2.47. The molecule has 10 heteroatoms. The van der Waals surface area contributed by atoms with Crippen LogP contribution < -0.4 is 4.72 Å². The average Bonchev–Trinajstić information content (AvgIpc) is 3.27. The highest BCUT2D eigenvalue weighted by atomic mass is 35.5. The summed E-state index contributed by atoms with van der Waals surface area (Å²) in [5, 5.41) is 0.554. The molecule has 1 aliphatic heterocycles. The number of likely N-dealkylation sites (tertiary alicyclic amines) is 1. The Balaban J connectivity index is 1.25. The second-order valence-corrected chi connectivity index (χ2v) is 13.0. The van der Waals surface area contributed by atoms with Gasteiger partial charge >= 0.3 is 6.09 Å². The van der Waals surface area contributed by atoms with Crippen LogP contribution in [0.15, 0.2) is 78.9 Å². The average molecular weight is 608 g/mol. The van der Waals surface area contributed by atoms with Crippen LogP contribution >= 0.6 is 11.6 Å². The Morgan fingerprint density at radius 1 is 0.952 bits per heavy atom. The molecule has 42 heavy (non-hydrogen) atoms. The minimum absolute atomic E-state index is 0.151. The zero-order valence-electron chi connectivity index (χ0n) is 23.5. The molecular weight excluding hydrogens is 574 g/mol. The molecule has 1 N–H and O–H groups in total. The van der Waals surface area contributed by atoms with E-state index < -0.39 is 27.3 Å². The molecule has 0 bridgehead atoms. The number of sulfonamides is 1. The Hall–Kier alpha value is -3.82. The van der Waals surface area contributed by atoms with Crippen molar-refractivity contribution in [2.75, 3.05) is 13.1 Å². The molecule has 1 saturated heterocycles. The first-order valence-electron chi connectivity index (χ1n) is 14.1. The van der Waals surface area contributed by atoms with E-state index in [0.29, 0.717) is 22.8 Å². The number of benzene rings is 3. The summed E-state index contributed by atoms with van der Waals surface area (Å²) in [5.41, 5.74) is 3.88. The van der Waals surface area contributed by atoms with E-state index in [2.05, 4.69) is 16.9 Å². The van der Waals surface area contributed by atoms with Gasteiger partial charge in [0.25, 0.3) is 5.91 Å². The third-order valence-electron chi connectivity index (χ3n) is 7.76. The molecule has 0 atom stereocenters. The Bertz CT molecular complexity index is 1660. The minimum atomic E-state index is -4.00. The summed E-state index contributed by atoms with van der Waals surface area (Å²) in [6.07, 6.45) is 1.52. The number of carbonyl (C=O) groups is 2. The number of aryl methyl sites for hydroxylation is 3. The second kappa shape index (κ2) is 13.0. The zero-order chi connectivity index (χ0) is 29.7. The predicted molar refractivity (Wildman–Crippen MR) is 164 cm³/mol. The predicted octanol–water partition coefficient (Wildman–Crippen LogP) is 6.10.